The van der Waals surface area contributed by atoms with E-state index in [9.17, 15) is 9.18 Å². The van der Waals surface area contributed by atoms with E-state index in [0.29, 0.717) is 12.3 Å². The summed E-state index contributed by atoms with van der Waals surface area (Å²) in [7, 11) is 1.86. The van der Waals surface area contributed by atoms with E-state index in [4.69, 9.17) is 16.1 Å². The highest BCUT2D eigenvalue weighted by molar-refractivity contribution is 6.33. The topological polar surface area (TPSA) is 64.2 Å². The quantitative estimate of drug-likeness (QED) is 0.607. The van der Waals surface area contributed by atoms with Crippen LogP contribution in [0.1, 0.15) is 53.4 Å². The maximum absolute atomic E-state index is 14.5. The van der Waals surface area contributed by atoms with Gasteiger partial charge < -0.3 is 9.42 Å². The third kappa shape index (κ3) is 3.67. The Hall–Kier alpha value is -2.67. The third-order valence-corrected chi connectivity index (χ3v) is 5.71. The first-order valence-corrected chi connectivity index (χ1v) is 10.1. The Kier molecular flexibility index (Phi) is 5.41. The normalized spacial score (nSPS) is 17.4. The minimum atomic E-state index is -0.542. The number of halogens is 2. The van der Waals surface area contributed by atoms with E-state index < -0.39 is 5.82 Å². The van der Waals surface area contributed by atoms with Crippen LogP contribution in [0.3, 0.4) is 0 Å². The molecule has 4 rings (SSSR count). The van der Waals surface area contributed by atoms with Crippen molar-refractivity contribution in [2.45, 2.75) is 38.6 Å². The van der Waals surface area contributed by atoms with Gasteiger partial charge in [-0.1, -0.05) is 35.7 Å². The molecule has 1 aliphatic heterocycles. The Balaban J connectivity index is 1.78. The summed E-state index contributed by atoms with van der Waals surface area (Å²) in [6.45, 7) is 2.27. The summed E-state index contributed by atoms with van der Waals surface area (Å²) >= 11 is 6.23. The molecule has 1 fully saturated rings. The van der Waals surface area contributed by atoms with Crippen molar-refractivity contribution in [3.05, 3.63) is 58.3 Å². The largest absolute Gasteiger partial charge is 0.360 e. The average Bonchev–Trinajstić information content (AvgIpc) is 3.18. The molecule has 0 aliphatic carbocycles. The van der Waals surface area contributed by atoms with Gasteiger partial charge in [0.2, 0.25) is 0 Å². The number of benzene rings is 1. The molecule has 1 aromatic carbocycles. The summed E-state index contributed by atoms with van der Waals surface area (Å²) < 4.78 is 21.6. The summed E-state index contributed by atoms with van der Waals surface area (Å²) in [6.07, 6.45) is 7.56. The van der Waals surface area contributed by atoms with Crippen molar-refractivity contribution in [1.29, 1.82) is 0 Å². The molecule has 1 atom stereocenters. The zero-order valence-electron chi connectivity index (χ0n) is 16.4. The Bertz CT molecular complexity index is 1020. The third-order valence-electron chi connectivity index (χ3n) is 5.40. The van der Waals surface area contributed by atoms with Crippen molar-refractivity contribution in [3.8, 4) is 11.3 Å². The van der Waals surface area contributed by atoms with Crippen molar-refractivity contribution in [3.63, 3.8) is 0 Å². The highest BCUT2D eigenvalue weighted by Gasteiger charge is 2.33. The van der Waals surface area contributed by atoms with Crippen LogP contribution in [0.2, 0.25) is 5.02 Å². The van der Waals surface area contributed by atoms with Crippen molar-refractivity contribution in [1.82, 2.24) is 19.8 Å². The van der Waals surface area contributed by atoms with Crippen LogP contribution in [-0.4, -0.2) is 32.3 Å². The fourth-order valence-corrected chi connectivity index (χ4v) is 4.23. The number of nitrogens with zero attached hydrogens (tertiary/aromatic N) is 4. The van der Waals surface area contributed by atoms with E-state index >= 15 is 0 Å². The number of aryl methyl sites for hydroxylation is 2. The smallest absolute Gasteiger partial charge is 0.260 e. The van der Waals surface area contributed by atoms with Gasteiger partial charge in [0.25, 0.3) is 5.91 Å². The van der Waals surface area contributed by atoms with Crippen molar-refractivity contribution in [2.75, 3.05) is 6.54 Å². The van der Waals surface area contributed by atoms with Gasteiger partial charge in [-0.05, 0) is 31.9 Å². The molecule has 0 radical (unpaired) electrons. The van der Waals surface area contributed by atoms with Crippen LogP contribution in [0.5, 0.6) is 0 Å². The molecule has 0 N–H and O–H groups in total. The van der Waals surface area contributed by atoms with Crippen LogP contribution in [0.25, 0.3) is 11.3 Å². The molecule has 152 valence electrons. The molecule has 6 nitrogen and oxygen atoms in total. The molecule has 1 aliphatic rings. The molecule has 0 bridgehead atoms. The lowest BCUT2D eigenvalue weighted by Crippen LogP contribution is -2.35. The fourth-order valence-electron chi connectivity index (χ4n) is 3.97. The molecular weight excluding hydrogens is 395 g/mol. The van der Waals surface area contributed by atoms with Gasteiger partial charge in [0.15, 0.2) is 0 Å². The van der Waals surface area contributed by atoms with E-state index in [0.717, 1.165) is 31.2 Å². The first-order valence-electron chi connectivity index (χ1n) is 9.67. The van der Waals surface area contributed by atoms with Crippen LogP contribution in [0.15, 0.2) is 35.1 Å². The Labute approximate surface area is 173 Å². The van der Waals surface area contributed by atoms with Gasteiger partial charge in [-0.2, -0.15) is 5.10 Å². The summed E-state index contributed by atoms with van der Waals surface area (Å²) in [5.74, 6) is -0.424. The van der Waals surface area contributed by atoms with Gasteiger partial charge in [-0.25, -0.2) is 4.39 Å². The number of hydrogen-bond donors (Lipinski definition) is 0. The number of carbonyl (C=O) groups is 1. The molecule has 2 aromatic heterocycles. The van der Waals surface area contributed by atoms with Crippen LogP contribution in [0.4, 0.5) is 4.39 Å². The fraction of sp³-hybridized carbons (Fsp3) is 0.381. The molecule has 0 spiro atoms. The van der Waals surface area contributed by atoms with Crippen LogP contribution in [0, 0.1) is 12.7 Å². The SMILES string of the molecule is Cc1onc(-c2c(F)cccc2Cl)c1C(=O)N1CCCCC[C@H]1c1cnn(C)c1. The van der Waals surface area contributed by atoms with E-state index in [1.54, 1.807) is 23.9 Å². The summed E-state index contributed by atoms with van der Waals surface area (Å²) in [4.78, 5) is 15.5. The van der Waals surface area contributed by atoms with Gasteiger partial charge in [0.1, 0.15) is 22.8 Å². The van der Waals surface area contributed by atoms with E-state index in [-0.39, 0.29) is 33.8 Å². The molecule has 29 heavy (non-hydrogen) atoms. The maximum Gasteiger partial charge on any atom is 0.260 e. The second-order valence-electron chi connectivity index (χ2n) is 7.37. The monoisotopic (exact) mass is 416 g/mol. The zero-order chi connectivity index (χ0) is 20.5. The zero-order valence-corrected chi connectivity index (χ0v) is 17.1. The van der Waals surface area contributed by atoms with Crippen molar-refractivity contribution in [2.24, 2.45) is 7.05 Å². The molecule has 0 unspecified atom stereocenters. The van der Waals surface area contributed by atoms with E-state index in [1.807, 2.05) is 18.1 Å². The lowest BCUT2D eigenvalue weighted by molar-refractivity contribution is 0.0679. The van der Waals surface area contributed by atoms with E-state index in [1.165, 1.54) is 12.1 Å². The summed E-state index contributed by atoms with van der Waals surface area (Å²) in [5.41, 5.74) is 1.47. The van der Waals surface area contributed by atoms with Gasteiger partial charge in [0, 0.05) is 25.4 Å². The number of rotatable bonds is 3. The van der Waals surface area contributed by atoms with Gasteiger partial charge in [-0.15, -0.1) is 0 Å². The standard InChI is InChI=1S/C21H22ClFN4O2/c1-13-18(20(25-29-13)19-15(22)7-6-8-16(19)23)21(28)27-10-5-3-4-9-17(27)14-11-24-26(2)12-14/h6-8,11-12,17H,3-5,9-10H2,1-2H3/t17-/m0/s1. The van der Waals surface area contributed by atoms with Crippen molar-refractivity contribution < 1.29 is 13.7 Å². The predicted molar refractivity (Wildman–Crippen MR) is 107 cm³/mol. The summed E-state index contributed by atoms with van der Waals surface area (Å²) in [6, 6.07) is 4.28. The van der Waals surface area contributed by atoms with Crippen LogP contribution in [-0.2, 0) is 7.05 Å². The van der Waals surface area contributed by atoms with Gasteiger partial charge in [-0.3, -0.25) is 9.48 Å². The van der Waals surface area contributed by atoms with Crippen molar-refractivity contribution >= 4 is 17.5 Å². The predicted octanol–water partition coefficient (Wildman–Crippen LogP) is 4.93. The molecule has 3 aromatic rings. The minimum absolute atomic E-state index is 0.0853. The highest BCUT2D eigenvalue weighted by atomic mass is 35.5. The number of carbonyl (C=O) groups excluding carboxylic acids is 1. The lowest BCUT2D eigenvalue weighted by Gasteiger charge is -2.29. The molecule has 1 saturated heterocycles. The van der Waals surface area contributed by atoms with Gasteiger partial charge >= 0.3 is 0 Å². The Morgan fingerprint density at radius 2 is 2.14 bits per heavy atom. The molecular formula is C21H22ClFN4O2. The highest BCUT2D eigenvalue weighted by Crippen LogP contribution is 2.37. The number of likely N-dealkylation sites (tertiary alicyclic amines) is 1. The van der Waals surface area contributed by atoms with Crippen LogP contribution >= 0.6 is 11.6 Å². The Morgan fingerprint density at radius 1 is 1.31 bits per heavy atom. The number of aromatic nitrogens is 3. The summed E-state index contributed by atoms with van der Waals surface area (Å²) in [5, 5.41) is 8.44. The molecule has 3 heterocycles. The molecule has 8 heteroatoms. The molecule has 1 amide bonds. The van der Waals surface area contributed by atoms with E-state index in [2.05, 4.69) is 10.3 Å². The van der Waals surface area contributed by atoms with Crippen LogP contribution < -0.4 is 0 Å². The second-order valence-corrected chi connectivity index (χ2v) is 7.78. The first kappa shape index (κ1) is 19.6. The second kappa shape index (κ2) is 7.99. The number of amides is 1. The minimum Gasteiger partial charge on any atom is -0.360 e. The first-order chi connectivity index (χ1) is 14.0. The van der Waals surface area contributed by atoms with Gasteiger partial charge in [0.05, 0.1) is 22.8 Å². The molecule has 0 saturated carbocycles. The maximum atomic E-state index is 14.5. The average molecular weight is 417 g/mol. The lowest BCUT2D eigenvalue weighted by atomic mass is 10.0. The Morgan fingerprint density at radius 3 is 2.86 bits per heavy atom. The number of hydrogen-bond acceptors (Lipinski definition) is 4.